The fourth-order valence-corrected chi connectivity index (χ4v) is 4.44. The zero-order valence-corrected chi connectivity index (χ0v) is 22.9. The van der Waals surface area contributed by atoms with Gasteiger partial charge >= 0.3 is 12.1 Å². The van der Waals surface area contributed by atoms with Gasteiger partial charge in [-0.3, -0.25) is 9.69 Å². The summed E-state index contributed by atoms with van der Waals surface area (Å²) in [6, 6.07) is -0.360. The summed E-state index contributed by atoms with van der Waals surface area (Å²) in [6.07, 6.45) is 5.85. The zero-order valence-electron chi connectivity index (χ0n) is 22.9. The predicted octanol–water partition coefficient (Wildman–Crippen LogP) is 3.37. The molecule has 10 nitrogen and oxygen atoms in total. The number of methoxy groups -OCH3 is 1. The van der Waals surface area contributed by atoms with Crippen LogP contribution in [0.25, 0.3) is 0 Å². The van der Waals surface area contributed by atoms with E-state index in [0.717, 1.165) is 37.1 Å². The SMILES string of the molecule is CCCNCC(CC1CCc2cn(C(=O)OC(C)(C)C)nc2C1)C(=O)N(CCCOC)C(=O)NCC. The molecule has 1 aromatic heterocycles. The summed E-state index contributed by atoms with van der Waals surface area (Å²) in [5, 5.41) is 10.6. The monoisotopic (exact) mass is 507 g/mol. The van der Waals surface area contributed by atoms with Crippen molar-refractivity contribution in [2.75, 3.05) is 39.9 Å². The lowest BCUT2D eigenvalue weighted by Crippen LogP contribution is -2.49. The average Bonchev–Trinajstić information content (AvgIpc) is 3.24. The normalized spacial score (nSPS) is 16.2. The van der Waals surface area contributed by atoms with Crippen LogP contribution in [0.3, 0.4) is 0 Å². The second-order valence-corrected chi connectivity index (χ2v) is 10.4. The van der Waals surface area contributed by atoms with E-state index in [2.05, 4.69) is 22.7 Å². The lowest BCUT2D eigenvalue weighted by atomic mass is 9.81. The summed E-state index contributed by atoms with van der Waals surface area (Å²) >= 11 is 0. The molecule has 0 saturated carbocycles. The molecule has 1 aliphatic rings. The molecule has 0 spiro atoms. The van der Waals surface area contributed by atoms with E-state index < -0.39 is 11.7 Å². The molecule has 3 amide bonds. The van der Waals surface area contributed by atoms with Gasteiger partial charge in [-0.25, -0.2) is 9.59 Å². The molecule has 0 aromatic carbocycles. The first-order chi connectivity index (χ1) is 17.1. The number of hydrogen-bond donors (Lipinski definition) is 2. The summed E-state index contributed by atoms with van der Waals surface area (Å²) in [5.74, 6) is -0.265. The van der Waals surface area contributed by atoms with Gasteiger partial charge in [0.2, 0.25) is 5.91 Å². The number of urea groups is 1. The van der Waals surface area contributed by atoms with Crippen molar-refractivity contribution in [3.63, 3.8) is 0 Å². The fourth-order valence-electron chi connectivity index (χ4n) is 4.44. The number of aryl methyl sites for hydroxylation is 1. The molecule has 10 heteroatoms. The van der Waals surface area contributed by atoms with Crippen LogP contribution in [-0.2, 0) is 27.1 Å². The average molecular weight is 508 g/mol. The van der Waals surface area contributed by atoms with Crippen LogP contribution < -0.4 is 10.6 Å². The second kappa shape index (κ2) is 14.3. The van der Waals surface area contributed by atoms with E-state index in [1.807, 2.05) is 27.7 Å². The van der Waals surface area contributed by atoms with Crippen LogP contribution in [0.5, 0.6) is 0 Å². The Morgan fingerprint density at radius 3 is 2.67 bits per heavy atom. The van der Waals surface area contributed by atoms with E-state index in [0.29, 0.717) is 45.5 Å². The highest BCUT2D eigenvalue weighted by Crippen LogP contribution is 2.30. The van der Waals surface area contributed by atoms with Gasteiger partial charge in [-0.1, -0.05) is 6.92 Å². The summed E-state index contributed by atoms with van der Waals surface area (Å²) in [7, 11) is 1.61. The highest BCUT2D eigenvalue weighted by atomic mass is 16.6. The maximum absolute atomic E-state index is 13.6. The first-order valence-corrected chi connectivity index (χ1v) is 13.2. The third-order valence-corrected chi connectivity index (χ3v) is 6.12. The van der Waals surface area contributed by atoms with Crippen LogP contribution >= 0.6 is 0 Å². The molecular formula is C26H45N5O5. The topological polar surface area (TPSA) is 115 Å². The molecule has 0 radical (unpaired) electrons. The summed E-state index contributed by atoms with van der Waals surface area (Å²) in [5.41, 5.74) is 1.34. The number of hydrogen-bond acceptors (Lipinski definition) is 7. The molecule has 2 rings (SSSR count). The lowest BCUT2D eigenvalue weighted by Gasteiger charge is -2.30. The number of nitrogens with zero attached hydrogens (tertiary/aromatic N) is 3. The molecule has 1 aromatic rings. The molecule has 0 bridgehead atoms. The van der Waals surface area contributed by atoms with Gasteiger partial charge in [-0.15, -0.1) is 0 Å². The van der Waals surface area contributed by atoms with Gasteiger partial charge in [0.1, 0.15) is 5.60 Å². The summed E-state index contributed by atoms with van der Waals surface area (Å²) in [4.78, 5) is 40.1. The minimum atomic E-state index is -0.593. The minimum Gasteiger partial charge on any atom is -0.442 e. The molecule has 204 valence electrons. The number of amides is 3. The third-order valence-electron chi connectivity index (χ3n) is 6.12. The number of aromatic nitrogens is 2. The van der Waals surface area contributed by atoms with Gasteiger partial charge in [-0.05, 0) is 84.2 Å². The molecule has 36 heavy (non-hydrogen) atoms. The van der Waals surface area contributed by atoms with Crippen LogP contribution in [0.4, 0.5) is 9.59 Å². The first-order valence-electron chi connectivity index (χ1n) is 13.2. The Morgan fingerprint density at radius 2 is 2.03 bits per heavy atom. The maximum Gasteiger partial charge on any atom is 0.435 e. The Morgan fingerprint density at radius 1 is 1.28 bits per heavy atom. The molecule has 2 unspecified atom stereocenters. The number of rotatable bonds is 12. The van der Waals surface area contributed by atoms with Crippen molar-refractivity contribution in [2.24, 2.45) is 11.8 Å². The van der Waals surface area contributed by atoms with Crippen LogP contribution in [0.15, 0.2) is 6.20 Å². The number of imide groups is 1. The number of carbonyl (C=O) groups is 3. The Hall–Kier alpha value is -2.46. The Bertz CT molecular complexity index is 863. The Kier molecular flexibility index (Phi) is 11.8. The van der Waals surface area contributed by atoms with Gasteiger partial charge in [0, 0.05) is 39.5 Å². The lowest BCUT2D eigenvalue weighted by molar-refractivity contribution is -0.133. The molecule has 0 fully saturated rings. The van der Waals surface area contributed by atoms with Crippen molar-refractivity contribution in [1.29, 1.82) is 0 Å². The van der Waals surface area contributed by atoms with Gasteiger partial charge < -0.3 is 20.1 Å². The third kappa shape index (κ3) is 9.20. The van der Waals surface area contributed by atoms with Gasteiger partial charge in [0.05, 0.1) is 11.6 Å². The van der Waals surface area contributed by atoms with Crippen LogP contribution in [-0.4, -0.2) is 78.2 Å². The van der Waals surface area contributed by atoms with E-state index in [1.54, 1.807) is 13.3 Å². The second-order valence-electron chi connectivity index (χ2n) is 10.4. The standard InChI is InChI=1S/C26H45N5O5/c1-7-12-27-17-21(23(32)30(13-9-14-35-6)24(33)28-8-2)15-19-10-11-20-18-31(29-22(20)16-19)25(34)36-26(3,4)5/h18-19,21,27H,7-17H2,1-6H3,(H,28,33). The number of fused-ring (bicyclic) bond motifs is 1. The number of nitrogens with one attached hydrogen (secondary N) is 2. The van der Waals surface area contributed by atoms with Gasteiger partial charge in [0.15, 0.2) is 0 Å². The predicted molar refractivity (Wildman–Crippen MR) is 138 cm³/mol. The summed E-state index contributed by atoms with van der Waals surface area (Å²) in [6.45, 7) is 12.0. The molecule has 0 aliphatic heterocycles. The van der Waals surface area contributed by atoms with Gasteiger partial charge in [0.25, 0.3) is 0 Å². The highest BCUT2D eigenvalue weighted by Gasteiger charge is 2.32. The minimum absolute atomic E-state index is 0.161. The molecule has 1 aliphatic carbocycles. The van der Waals surface area contributed by atoms with Crippen molar-refractivity contribution in [3.05, 3.63) is 17.5 Å². The van der Waals surface area contributed by atoms with Crippen molar-refractivity contribution < 1.29 is 23.9 Å². The molecular weight excluding hydrogens is 462 g/mol. The summed E-state index contributed by atoms with van der Waals surface area (Å²) < 4.78 is 11.9. The van der Waals surface area contributed by atoms with Crippen LogP contribution in [0.2, 0.25) is 0 Å². The first kappa shape index (κ1) is 29.8. The van der Waals surface area contributed by atoms with E-state index in [4.69, 9.17) is 9.47 Å². The van der Waals surface area contributed by atoms with E-state index >= 15 is 0 Å². The van der Waals surface area contributed by atoms with E-state index in [-0.39, 0.29) is 23.8 Å². The van der Waals surface area contributed by atoms with Crippen molar-refractivity contribution >= 4 is 18.0 Å². The Labute approximate surface area is 215 Å². The largest absolute Gasteiger partial charge is 0.442 e. The van der Waals surface area contributed by atoms with Crippen LogP contribution in [0, 0.1) is 11.8 Å². The number of ether oxygens (including phenoxy) is 2. The number of carbonyl (C=O) groups excluding carboxylic acids is 3. The molecule has 1 heterocycles. The molecule has 0 saturated heterocycles. The van der Waals surface area contributed by atoms with Crippen LogP contribution in [0.1, 0.15) is 71.6 Å². The maximum atomic E-state index is 13.6. The van der Waals surface area contributed by atoms with E-state index in [1.165, 1.54) is 9.58 Å². The highest BCUT2D eigenvalue weighted by molar-refractivity contribution is 5.95. The van der Waals surface area contributed by atoms with Gasteiger partial charge in [-0.2, -0.15) is 9.78 Å². The van der Waals surface area contributed by atoms with Crippen molar-refractivity contribution in [2.45, 2.75) is 78.7 Å². The molecule has 2 atom stereocenters. The van der Waals surface area contributed by atoms with Crippen molar-refractivity contribution in [3.8, 4) is 0 Å². The zero-order chi connectivity index (χ0) is 26.7. The Balaban J connectivity index is 2.14. The fraction of sp³-hybridized carbons (Fsp3) is 0.769. The quantitative estimate of drug-likeness (QED) is 0.417. The molecule has 2 N–H and O–H groups in total. The smallest absolute Gasteiger partial charge is 0.435 e. The van der Waals surface area contributed by atoms with Crippen molar-refractivity contribution in [1.82, 2.24) is 25.3 Å². The van der Waals surface area contributed by atoms with E-state index in [9.17, 15) is 14.4 Å².